The summed E-state index contributed by atoms with van der Waals surface area (Å²) in [7, 11) is -0.301. The van der Waals surface area contributed by atoms with Gasteiger partial charge in [-0.1, -0.05) is 12.1 Å². The average molecular weight is 312 g/mol. The topological polar surface area (TPSA) is 69.9 Å². The van der Waals surface area contributed by atoms with E-state index in [1.165, 1.54) is 4.31 Å². The zero-order valence-corrected chi connectivity index (χ0v) is 13.5. The Labute approximate surface area is 127 Å². The van der Waals surface area contributed by atoms with Gasteiger partial charge in [-0.2, -0.15) is 0 Å². The highest BCUT2D eigenvalue weighted by Gasteiger charge is 2.25. The number of rotatable bonds is 5. The Morgan fingerprint density at radius 1 is 1.14 bits per heavy atom. The van der Waals surface area contributed by atoms with Crippen molar-refractivity contribution in [2.24, 2.45) is 5.73 Å². The SMILES string of the molecule is CN(C)S(=O)(=O)c1ccccc1N1CCN(CCN)CC1. The van der Waals surface area contributed by atoms with Gasteiger partial charge in [0.1, 0.15) is 4.90 Å². The van der Waals surface area contributed by atoms with Crippen LogP contribution in [0.5, 0.6) is 0 Å². The fourth-order valence-electron chi connectivity index (χ4n) is 2.53. The van der Waals surface area contributed by atoms with E-state index in [0.29, 0.717) is 11.4 Å². The molecule has 1 saturated heterocycles. The van der Waals surface area contributed by atoms with Crippen molar-refractivity contribution in [3.63, 3.8) is 0 Å². The highest BCUT2D eigenvalue weighted by molar-refractivity contribution is 7.89. The summed E-state index contributed by atoms with van der Waals surface area (Å²) in [4.78, 5) is 4.82. The van der Waals surface area contributed by atoms with Crippen LogP contribution in [0.2, 0.25) is 0 Å². The summed E-state index contributed by atoms with van der Waals surface area (Å²) < 4.78 is 26.1. The van der Waals surface area contributed by atoms with Gasteiger partial charge in [-0.25, -0.2) is 12.7 Å². The number of para-hydroxylation sites is 1. The van der Waals surface area contributed by atoms with Gasteiger partial charge in [0.15, 0.2) is 0 Å². The van der Waals surface area contributed by atoms with Crippen LogP contribution in [0.4, 0.5) is 5.69 Å². The Bertz CT molecular complexity index is 566. The molecule has 1 aliphatic rings. The third-order valence-corrected chi connectivity index (χ3v) is 5.64. The van der Waals surface area contributed by atoms with Gasteiger partial charge in [0.25, 0.3) is 0 Å². The first kappa shape index (κ1) is 16.2. The molecule has 2 N–H and O–H groups in total. The molecule has 0 unspecified atom stereocenters. The van der Waals surface area contributed by atoms with E-state index in [1.54, 1.807) is 26.2 Å². The quantitative estimate of drug-likeness (QED) is 0.830. The van der Waals surface area contributed by atoms with Crippen LogP contribution >= 0.6 is 0 Å². The smallest absolute Gasteiger partial charge is 0.244 e. The molecule has 0 saturated carbocycles. The molecule has 0 amide bonds. The van der Waals surface area contributed by atoms with Crippen molar-refractivity contribution >= 4 is 15.7 Å². The first-order valence-electron chi connectivity index (χ1n) is 7.15. The molecule has 21 heavy (non-hydrogen) atoms. The molecule has 2 rings (SSSR count). The van der Waals surface area contributed by atoms with Gasteiger partial charge >= 0.3 is 0 Å². The van der Waals surface area contributed by atoms with Crippen molar-refractivity contribution in [2.45, 2.75) is 4.90 Å². The van der Waals surface area contributed by atoms with E-state index in [-0.39, 0.29) is 0 Å². The lowest BCUT2D eigenvalue weighted by atomic mass is 10.2. The highest BCUT2D eigenvalue weighted by atomic mass is 32.2. The van der Waals surface area contributed by atoms with E-state index in [9.17, 15) is 8.42 Å². The van der Waals surface area contributed by atoms with E-state index in [1.807, 2.05) is 12.1 Å². The van der Waals surface area contributed by atoms with E-state index >= 15 is 0 Å². The predicted octanol–water partition coefficient (Wildman–Crippen LogP) is 0.0176. The molecule has 7 heteroatoms. The zero-order valence-electron chi connectivity index (χ0n) is 12.7. The first-order valence-corrected chi connectivity index (χ1v) is 8.59. The molecule has 0 atom stereocenters. The molecule has 1 aromatic carbocycles. The molecule has 0 aromatic heterocycles. The second-order valence-corrected chi connectivity index (χ2v) is 7.49. The maximum Gasteiger partial charge on any atom is 0.244 e. The van der Waals surface area contributed by atoms with Crippen molar-refractivity contribution in [1.29, 1.82) is 0 Å². The van der Waals surface area contributed by atoms with Crippen LogP contribution in [-0.2, 0) is 10.0 Å². The van der Waals surface area contributed by atoms with Gasteiger partial charge in [0.05, 0.1) is 5.69 Å². The zero-order chi connectivity index (χ0) is 15.5. The lowest BCUT2D eigenvalue weighted by Crippen LogP contribution is -2.48. The van der Waals surface area contributed by atoms with Crippen molar-refractivity contribution in [1.82, 2.24) is 9.21 Å². The maximum absolute atomic E-state index is 12.4. The van der Waals surface area contributed by atoms with Crippen molar-refractivity contribution < 1.29 is 8.42 Å². The molecule has 0 aliphatic carbocycles. The first-order chi connectivity index (χ1) is 9.96. The second kappa shape index (κ2) is 6.74. The van der Waals surface area contributed by atoms with Crippen molar-refractivity contribution in [3.8, 4) is 0 Å². The van der Waals surface area contributed by atoms with Crippen LogP contribution in [0.1, 0.15) is 0 Å². The minimum atomic E-state index is -3.42. The van der Waals surface area contributed by atoms with E-state index in [0.717, 1.165) is 38.4 Å². The molecule has 0 spiro atoms. The van der Waals surface area contributed by atoms with Crippen LogP contribution in [0.25, 0.3) is 0 Å². The Morgan fingerprint density at radius 3 is 2.33 bits per heavy atom. The third kappa shape index (κ3) is 3.55. The molecular formula is C14H24N4O2S. The maximum atomic E-state index is 12.4. The van der Waals surface area contributed by atoms with Crippen LogP contribution in [-0.4, -0.2) is 71.0 Å². The summed E-state index contributed by atoms with van der Waals surface area (Å²) in [6, 6.07) is 7.22. The van der Waals surface area contributed by atoms with Crippen LogP contribution in [0.3, 0.4) is 0 Å². The van der Waals surface area contributed by atoms with Gasteiger partial charge in [-0.15, -0.1) is 0 Å². The summed E-state index contributed by atoms with van der Waals surface area (Å²) in [5.41, 5.74) is 6.37. The number of sulfonamides is 1. The lowest BCUT2D eigenvalue weighted by Gasteiger charge is -2.36. The van der Waals surface area contributed by atoms with Crippen molar-refractivity contribution in [3.05, 3.63) is 24.3 Å². The largest absolute Gasteiger partial charge is 0.368 e. The van der Waals surface area contributed by atoms with Gasteiger partial charge in [-0.3, -0.25) is 4.90 Å². The number of hydrogen-bond donors (Lipinski definition) is 1. The molecule has 6 nitrogen and oxygen atoms in total. The predicted molar refractivity (Wildman–Crippen MR) is 85.0 cm³/mol. The lowest BCUT2D eigenvalue weighted by molar-refractivity contribution is 0.264. The Hall–Kier alpha value is -1.15. The number of anilines is 1. The molecule has 0 bridgehead atoms. The third-order valence-electron chi connectivity index (χ3n) is 3.78. The summed E-state index contributed by atoms with van der Waals surface area (Å²) >= 11 is 0. The summed E-state index contributed by atoms with van der Waals surface area (Å²) in [6.07, 6.45) is 0. The number of nitrogens with zero attached hydrogens (tertiary/aromatic N) is 3. The fourth-order valence-corrected chi connectivity index (χ4v) is 3.63. The fraction of sp³-hybridized carbons (Fsp3) is 0.571. The molecule has 1 aliphatic heterocycles. The Morgan fingerprint density at radius 2 is 1.76 bits per heavy atom. The van der Waals surface area contributed by atoms with Gasteiger partial charge < -0.3 is 10.6 Å². The number of nitrogens with two attached hydrogens (primary N) is 1. The molecule has 0 radical (unpaired) electrons. The van der Waals surface area contributed by atoms with E-state index < -0.39 is 10.0 Å². The van der Waals surface area contributed by atoms with Gasteiger partial charge in [-0.05, 0) is 12.1 Å². The number of piperazine rings is 1. The molecule has 1 fully saturated rings. The molecular weight excluding hydrogens is 288 g/mol. The van der Waals surface area contributed by atoms with Gasteiger partial charge in [0, 0.05) is 53.4 Å². The molecule has 1 heterocycles. The minimum Gasteiger partial charge on any atom is -0.368 e. The highest BCUT2D eigenvalue weighted by Crippen LogP contribution is 2.27. The van der Waals surface area contributed by atoms with Gasteiger partial charge in [0.2, 0.25) is 10.0 Å². The number of hydrogen-bond acceptors (Lipinski definition) is 5. The standard InChI is InChI=1S/C14H24N4O2S/c1-16(2)21(19,20)14-6-4-3-5-13(14)18-11-9-17(8-7-15)10-12-18/h3-6H,7-12,15H2,1-2H3. The Balaban J connectivity index is 2.23. The van der Waals surface area contributed by atoms with E-state index in [2.05, 4.69) is 9.80 Å². The van der Waals surface area contributed by atoms with Crippen LogP contribution in [0, 0.1) is 0 Å². The minimum absolute atomic E-state index is 0.377. The number of benzene rings is 1. The summed E-state index contributed by atoms with van der Waals surface area (Å²) in [5.74, 6) is 0. The second-order valence-electron chi connectivity index (χ2n) is 5.37. The van der Waals surface area contributed by atoms with Crippen LogP contribution < -0.4 is 10.6 Å². The average Bonchev–Trinajstić information content (AvgIpc) is 2.48. The summed E-state index contributed by atoms with van der Waals surface area (Å²) in [5, 5.41) is 0. The summed E-state index contributed by atoms with van der Waals surface area (Å²) in [6.45, 7) is 5.01. The van der Waals surface area contributed by atoms with Crippen LogP contribution in [0.15, 0.2) is 29.2 Å². The molecule has 1 aromatic rings. The molecule has 118 valence electrons. The Kier molecular flexibility index (Phi) is 5.21. The normalized spacial score (nSPS) is 17.4. The monoisotopic (exact) mass is 312 g/mol. The van der Waals surface area contributed by atoms with E-state index in [4.69, 9.17) is 5.73 Å². The van der Waals surface area contributed by atoms with Crippen molar-refractivity contribution in [2.75, 3.05) is 58.3 Å².